The van der Waals surface area contributed by atoms with Gasteiger partial charge >= 0.3 is 29.6 Å². The van der Waals surface area contributed by atoms with E-state index >= 15 is 0 Å². The Morgan fingerprint density at radius 2 is 2.15 bits per heavy atom. The van der Waals surface area contributed by atoms with Crippen molar-refractivity contribution in [2.24, 2.45) is 0 Å². The summed E-state index contributed by atoms with van der Waals surface area (Å²) in [6.07, 6.45) is 0.105. The molecule has 0 aromatic heterocycles. The molecule has 0 heterocycles. The first-order valence-corrected chi connectivity index (χ1v) is 4.92. The average Bonchev–Trinajstić information content (AvgIpc) is 1.95. The van der Waals surface area contributed by atoms with E-state index < -0.39 is 22.2 Å². The Balaban J connectivity index is -0.000000605. The molecule has 0 saturated carbocycles. The van der Waals surface area contributed by atoms with Crippen molar-refractivity contribution in [3.8, 4) is 0 Å². The Labute approximate surface area is 101 Å². The van der Waals surface area contributed by atoms with Crippen LogP contribution in [0, 0.1) is 0 Å². The third-order valence-corrected chi connectivity index (χ3v) is 1.78. The van der Waals surface area contributed by atoms with Gasteiger partial charge in [-0.15, -0.1) is 6.58 Å². The minimum atomic E-state index is -4.01. The van der Waals surface area contributed by atoms with Crippen LogP contribution in [-0.4, -0.2) is 36.7 Å². The first kappa shape index (κ1) is 16.0. The topological polar surface area (TPSA) is 83.8 Å². The molecule has 0 spiro atoms. The third-order valence-electron chi connectivity index (χ3n) is 1.03. The van der Waals surface area contributed by atoms with Gasteiger partial charge in [-0.2, -0.15) is 8.42 Å². The van der Waals surface area contributed by atoms with E-state index in [2.05, 4.69) is 11.3 Å². The van der Waals surface area contributed by atoms with Crippen LogP contribution in [-0.2, 0) is 14.9 Å². The molecule has 0 fully saturated rings. The predicted molar refractivity (Wildman–Crippen MR) is 44.3 cm³/mol. The summed E-state index contributed by atoms with van der Waals surface area (Å²) in [4.78, 5) is 0. The Kier molecular flexibility index (Phi) is 9.77. The van der Waals surface area contributed by atoms with Gasteiger partial charge in [0.05, 0.1) is 12.4 Å². The van der Waals surface area contributed by atoms with Crippen LogP contribution in [0.1, 0.15) is 7.85 Å². The van der Waals surface area contributed by atoms with Crippen molar-refractivity contribution < 1.29 is 53.8 Å². The second-order valence-electron chi connectivity index (χ2n) is 2.15. The molecule has 0 aliphatic rings. The van der Waals surface area contributed by atoms with Gasteiger partial charge in [-0.1, -0.05) is 6.08 Å². The standard InChI is InChI=1S/C6H12O5S.Na.H/c1-2-4-11-6(7)3-5-12(8,9)10;;/h2,6-7H,1,3-5H2,(H,8,9,10);;/q;+1;-1. The van der Waals surface area contributed by atoms with Crippen LogP contribution >= 0.6 is 0 Å². The van der Waals surface area contributed by atoms with E-state index in [9.17, 15) is 8.42 Å². The summed E-state index contributed by atoms with van der Waals surface area (Å²) in [6.45, 7) is 3.48. The quantitative estimate of drug-likeness (QED) is 0.214. The molecule has 0 aromatic rings. The summed E-state index contributed by atoms with van der Waals surface area (Å²) in [7, 11) is -4.01. The van der Waals surface area contributed by atoms with E-state index in [1.54, 1.807) is 0 Å². The molecule has 0 amide bonds. The van der Waals surface area contributed by atoms with Crippen LogP contribution in [0.25, 0.3) is 0 Å². The maximum absolute atomic E-state index is 10.2. The van der Waals surface area contributed by atoms with Gasteiger partial charge in [0.2, 0.25) is 0 Å². The van der Waals surface area contributed by atoms with Crippen molar-refractivity contribution in [1.82, 2.24) is 0 Å². The van der Waals surface area contributed by atoms with Crippen molar-refractivity contribution in [2.45, 2.75) is 12.7 Å². The molecule has 0 aromatic carbocycles. The van der Waals surface area contributed by atoms with Gasteiger partial charge in [0.15, 0.2) is 6.29 Å². The van der Waals surface area contributed by atoms with Crippen molar-refractivity contribution in [3.05, 3.63) is 12.7 Å². The van der Waals surface area contributed by atoms with Gasteiger partial charge in [0.25, 0.3) is 10.1 Å². The van der Waals surface area contributed by atoms with Gasteiger partial charge < -0.3 is 11.3 Å². The van der Waals surface area contributed by atoms with Gasteiger partial charge in [-0.25, -0.2) is 0 Å². The molecule has 1 unspecified atom stereocenters. The van der Waals surface area contributed by atoms with Crippen LogP contribution in [0.5, 0.6) is 0 Å². The zero-order chi connectivity index (χ0) is 9.61. The van der Waals surface area contributed by atoms with E-state index in [0.29, 0.717) is 0 Å². The van der Waals surface area contributed by atoms with Crippen LogP contribution < -0.4 is 29.6 Å². The summed E-state index contributed by atoms with van der Waals surface area (Å²) in [5.74, 6) is -0.509. The molecule has 0 saturated heterocycles. The Hall–Kier alpha value is 0.570. The minimum Gasteiger partial charge on any atom is -1.00 e. The van der Waals surface area contributed by atoms with E-state index in [-0.39, 0.29) is 44.0 Å². The first-order valence-electron chi connectivity index (χ1n) is 3.31. The maximum Gasteiger partial charge on any atom is 1.00 e. The number of rotatable bonds is 6. The first-order chi connectivity index (χ1) is 5.45. The SMILES string of the molecule is C=CCOC(O)CCS(=O)(=O)O.[H-].[Na+]. The van der Waals surface area contributed by atoms with E-state index in [4.69, 9.17) is 9.66 Å². The summed E-state index contributed by atoms with van der Waals surface area (Å²) >= 11 is 0. The molecule has 1 atom stereocenters. The second kappa shape index (κ2) is 7.93. The van der Waals surface area contributed by atoms with Gasteiger partial charge in [-0.05, 0) is 0 Å². The average molecular weight is 220 g/mol. The minimum absolute atomic E-state index is 0. The summed E-state index contributed by atoms with van der Waals surface area (Å²) in [5.41, 5.74) is 0. The summed E-state index contributed by atoms with van der Waals surface area (Å²) in [5, 5.41) is 8.90. The predicted octanol–water partition coefficient (Wildman–Crippen LogP) is -3.10. The Morgan fingerprint density at radius 3 is 2.54 bits per heavy atom. The number of hydrogen-bond donors (Lipinski definition) is 2. The molecule has 0 radical (unpaired) electrons. The molecule has 2 N–H and O–H groups in total. The Bertz CT molecular complexity index is 230. The molecule has 5 nitrogen and oxygen atoms in total. The zero-order valence-electron chi connectivity index (χ0n) is 8.51. The van der Waals surface area contributed by atoms with Crippen molar-refractivity contribution in [2.75, 3.05) is 12.4 Å². The van der Waals surface area contributed by atoms with Crippen LogP contribution in [0.3, 0.4) is 0 Å². The van der Waals surface area contributed by atoms with E-state index in [0.717, 1.165) is 0 Å². The zero-order valence-corrected chi connectivity index (χ0v) is 10.3. The normalized spacial score (nSPS) is 13.1. The molecule has 0 aliphatic heterocycles. The molecule has 74 valence electrons. The smallest absolute Gasteiger partial charge is 1.00 e. The van der Waals surface area contributed by atoms with E-state index in [1.807, 2.05) is 0 Å². The largest absolute Gasteiger partial charge is 1.00 e. The monoisotopic (exact) mass is 220 g/mol. The maximum atomic E-state index is 10.2. The Morgan fingerprint density at radius 1 is 1.62 bits per heavy atom. The number of aliphatic hydroxyl groups is 1. The molecule has 7 heteroatoms. The molecule has 0 aliphatic carbocycles. The van der Waals surface area contributed by atoms with Crippen molar-refractivity contribution >= 4 is 10.1 Å². The summed E-state index contributed by atoms with van der Waals surface area (Å²) in [6, 6.07) is 0. The second-order valence-corrected chi connectivity index (χ2v) is 3.72. The van der Waals surface area contributed by atoms with Gasteiger partial charge in [-0.3, -0.25) is 4.55 Å². The fraction of sp³-hybridized carbons (Fsp3) is 0.667. The van der Waals surface area contributed by atoms with Crippen LogP contribution in [0.4, 0.5) is 0 Å². The fourth-order valence-electron chi connectivity index (χ4n) is 0.512. The molecule has 13 heavy (non-hydrogen) atoms. The van der Waals surface area contributed by atoms with E-state index in [1.165, 1.54) is 6.08 Å². The summed E-state index contributed by atoms with van der Waals surface area (Å²) < 4.78 is 33.3. The van der Waals surface area contributed by atoms with Gasteiger partial charge in [0.1, 0.15) is 0 Å². The van der Waals surface area contributed by atoms with Crippen LogP contribution in [0.15, 0.2) is 12.7 Å². The molecular formula is C6H13NaO5S. The number of ether oxygens (including phenoxy) is 1. The molecule has 0 bridgehead atoms. The number of hydrogen-bond acceptors (Lipinski definition) is 4. The van der Waals surface area contributed by atoms with Gasteiger partial charge in [0, 0.05) is 6.42 Å². The van der Waals surface area contributed by atoms with Crippen molar-refractivity contribution in [3.63, 3.8) is 0 Å². The third kappa shape index (κ3) is 12.6. The van der Waals surface area contributed by atoms with Crippen molar-refractivity contribution in [1.29, 1.82) is 0 Å². The van der Waals surface area contributed by atoms with Crippen LogP contribution in [0.2, 0.25) is 0 Å². The fourth-order valence-corrected chi connectivity index (χ4v) is 1.01. The molecular weight excluding hydrogens is 207 g/mol. The molecule has 0 rings (SSSR count). The number of aliphatic hydroxyl groups excluding tert-OH is 1.